The van der Waals surface area contributed by atoms with Crippen LogP contribution in [0.5, 0.6) is 0 Å². The zero-order valence-electron chi connectivity index (χ0n) is 12.9. The lowest BCUT2D eigenvalue weighted by Gasteiger charge is -2.23. The molecule has 116 valence electrons. The number of hydrogen-bond donors (Lipinski definition) is 0. The minimum atomic E-state index is 0. The zero-order valence-corrected chi connectivity index (χ0v) is 12.9. The maximum Gasteiger partial charge on any atom is -0.0106 e. The highest BCUT2D eigenvalue weighted by Gasteiger charge is 2.17. The molecule has 1 aromatic carbocycles. The molecule has 0 unspecified atom stereocenters. The predicted molar refractivity (Wildman–Crippen MR) is 96.3 cm³/mol. The van der Waals surface area contributed by atoms with E-state index < -0.39 is 0 Å². The van der Waals surface area contributed by atoms with E-state index in [-0.39, 0.29) is 20.3 Å². The van der Waals surface area contributed by atoms with Crippen molar-refractivity contribution >= 4 is 6.08 Å². The first-order valence-electron chi connectivity index (χ1n) is 7.10. The van der Waals surface area contributed by atoms with Crippen molar-refractivity contribution in [2.24, 2.45) is 5.41 Å². The van der Waals surface area contributed by atoms with Gasteiger partial charge in [0, 0.05) is 0 Å². The molecule has 0 amide bonds. The number of allylic oxidation sites excluding steroid dienone is 1. The second kappa shape index (κ2) is 8.29. The van der Waals surface area contributed by atoms with Crippen LogP contribution in [0.25, 0.3) is 6.08 Å². The van der Waals surface area contributed by atoms with Crippen LogP contribution in [-0.4, -0.2) is 0 Å². The Bertz CT molecular complexity index is 391. The molecule has 0 heterocycles. The third kappa shape index (κ3) is 5.94. The molecule has 0 radical (unpaired) electrons. The smallest absolute Gasteiger partial charge is 0.0106 e. The molecule has 0 aliphatic heterocycles. The van der Waals surface area contributed by atoms with Crippen LogP contribution in [0.4, 0.5) is 0 Å². The molecule has 20 heavy (non-hydrogen) atoms. The van der Waals surface area contributed by atoms with Crippen molar-refractivity contribution in [1.82, 2.24) is 0 Å². The molecular weight excluding hydrogens is 240 g/mol. The van der Waals surface area contributed by atoms with E-state index in [9.17, 15) is 0 Å². The largest absolute Gasteiger partial charge is 0.0783 e. The summed E-state index contributed by atoms with van der Waals surface area (Å²) in [6.07, 6.45) is 6.90. The molecule has 1 rings (SSSR count). The Morgan fingerprint density at radius 3 is 1.75 bits per heavy atom. The summed E-state index contributed by atoms with van der Waals surface area (Å²) >= 11 is 0. The van der Waals surface area contributed by atoms with Crippen LogP contribution in [0.1, 0.15) is 80.4 Å². The van der Waals surface area contributed by atoms with E-state index in [0.717, 1.165) is 0 Å². The Morgan fingerprint density at radius 2 is 1.35 bits per heavy atom. The van der Waals surface area contributed by atoms with Crippen LogP contribution in [0, 0.1) is 5.41 Å². The fourth-order valence-corrected chi connectivity index (χ4v) is 1.69. The summed E-state index contributed by atoms with van der Waals surface area (Å²) in [5.74, 6) is 0. The highest BCUT2D eigenvalue weighted by atomic mass is 14.2. The summed E-state index contributed by atoms with van der Waals surface area (Å²) in [6, 6.07) is 8.99. The van der Waals surface area contributed by atoms with Crippen LogP contribution >= 0.6 is 0 Å². The van der Waals surface area contributed by atoms with E-state index in [2.05, 4.69) is 78.0 Å². The molecule has 0 heteroatoms. The summed E-state index contributed by atoms with van der Waals surface area (Å²) in [6.45, 7) is 13.6. The van der Waals surface area contributed by atoms with E-state index in [1.807, 2.05) is 0 Å². The molecule has 0 bridgehead atoms. The Balaban J connectivity index is 0. The predicted octanol–water partition coefficient (Wildman–Crippen LogP) is 7.10. The average Bonchev–Trinajstić information content (AvgIpc) is 2.37. The number of rotatable bonds is 5. The average molecular weight is 277 g/mol. The monoisotopic (exact) mass is 276 g/mol. The Morgan fingerprint density at radius 1 is 0.850 bits per heavy atom. The molecule has 0 N–H and O–H groups in total. The van der Waals surface area contributed by atoms with Gasteiger partial charge in [0.15, 0.2) is 0 Å². The van der Waals surface area contributed by atoms with Crippen LogP contribution in [0.3, 0.4) is 0 Å². The van der Waals surface area contributed by atoms with Gasteiger partial charge >= 0.3 is 0 Å². The molecule has 0 fully saturated rings. The Labute approximate surface area is 128 Å². The maximum atomic E-state index is 2.31. The highest BCUT2D eigenvalue weighted by Crippen LogP contribution is 2.27. The third-order valence-corrected chi connectivity index (χ3v) is 4.21. The summed E-state index contributed by atoms with van der Waals surface area (Å²) in [5.41, 5.74) is 3.30. The van der Waals surface area contributed by atoms with Crippen LogP contribution in [-0.2, 0) is 5.41 Å². The number of hydrogen-bond acceptors (Lipinski definition) is 0. The Hall–Kier alpha value is -1.04. The van der Waals surface area contributed by atoms with Gasteiger partial charge in [-0.25, -0.2) is 0 Å². The first kappa shape index (κ1) is 21.3. The lowest BCUT2D eigenvalue weighted by molar-refractivity contribution is 0.464. The second-order valence-electron chi connectivity index (χ2n) is 6.53. The van der Waals surface area contributed by atoms with Gasteiger partial charge in [0.1, 0.15) is 0 Å². The molecule has 0 aromatic heterocycles. The van der Waals surface area contributed by atoms with Crippen LogP contribution in [0.2, 0.25) is 0 Å². The molecule has 0 atom stereocenters. The highest BCUT2D eigenvalue weighted by molar-refractivity contribution is 5.51. The van der Waals surface area contributed by atoms with Crippen molar-refractivity contribution in [3.63, 3.8) is 0 Å². The molecule has 0 nitrogen and oxygen atoms in total. The van der Waals surface area contributed by atoms with Crippen LogP contribution < -0.4 is 0 Å². The van der Waals surface area contributed by atoms with Crippen molar-refractivity contribution in [3.8, 4) is 0 Å². The van der Waals surface area contributed by atoms with Crippen molar-refractivity contribution in [3.05, 3.63) is 41.5 Å². The van der Waals surface area contributed by atoms with E-state index in [1.54, 1.807) is 0 Å². The summed E-state index contributed by atoms with van der Waals surface area (Å²) < 4.78 is 0. The van der Waals surface area contributed by atoms with Gasteiger partial charge in [-0.2, -0.15) is 0 Å². The molecule has 0 saturated carbocycles. The van der Waals surface area contributed by atoms with Gasteiger partial charge in [-0.15, -0.1) is 0 Å². The van der Waals surface area contributed by atoms with Gasteiger partial charge in [-0.05, 0) is 34.8 Å². The molecule has 1 aromatic rings. The van der Waals surface area contributed by atoms with E-state index in [0.29, 0.717) is 5.41 Å². The fourth-order valence-electron chi connectivity index (χ4n) is 1.69. The first-order valence-corrected chi connectivity index (χ1v) is 7.10. The van der Waals surface area contributed by atoms with Crippen molar-refractivity contribution in [2.45, 2.75) is 74.7 Å². The normalized spacial score (nSPS) is 11.9. The SMILES string of the molecule is C.C.CCC(C)(C)/C=C/c1ccc(C(C)(C)CC)cc1. The standard InChI is InChI=1S/C18H28.2CH4/c1-7-17(3,4)14-13-15-9-11-16(12-10-15)18(5,6)8-2;;/h9-14H,7-8H2,1-6H3;2*1H4/b14-13+;;. The lowest BCUT2D eigenvalue weighted by atomic mass is 9.82. The van der Waals surface area contributed by atoms with Crippen molar-refractivity contribution < 1.29 is 0 Å². The zero-order chi connectivity index (χ0) is 13.8. The van der Waals surface area contributed by atoms with E-state index in [1.165, 1.54) is 24.0 Å². The van der Waals surface area contributed by atoms with Crippen molar-refractivity contribution in [2.75, 3.05) is 0 Å². The Kier molecular flexibility index (Phi) is 8.82. The van der Waals surface area contributed by atoms with Gasteiger partial charge in [0.05, 0.1) is 0 Å². The maximum absolute atomic E-state index is 2.31. The molecule has 0 spiro atoms. The van der Waals surface area contributed by atoms with E-state index >= 15 is 0 Å². The van der Waals surface area contributed by atoms with Crippen molar-refractivity contribution in [1.29, 1.82) is 0 Å². The molecule has 0 saturated heterocycles. The molecule has 0 aliphatic carbocycles. The third-order valence-electron chi connectivity index (χ3n) is 4.21. The van der Waals surface area contributed by atoms with Gasteiger partial charge in [0.2, 0.25) is 0 Å². The van der Waals surface area contributed by atoms with Gasteiger partial charge < -0.3 is 0 Å². The minimum Gasteiger partial charge on any atom is -0.0783 e. The lowest BCUT2D eigenvalue weighted by Crippen LogP contribution is -2.14. The van der Waals surface area contributed by atoms with E-state index in [4.69, 9.17) is 0 Å². The van der Waals surface area contributed by atoms with Crippen LogP contribution in [0.15, 0.2) is 30.3 Å². The summed E-state index contributed by atoms with van der Waals surface area (Å²) in [5, 5.41) is 0. The second-order valence-corrected chi connectivity index (χ2v) is 6.53. The van der Waals surface area contributed by atoms with Gasteiger partial charge in [-0.3, -0.25) is 0 Å². The quantitative estimate of drug-likeness (QED) is 0.538. The molecular formula is C20H36. The first-order chi connectivity index (χ1) is 8.30. The number of benzene rings is 1. The summed E-state index contributed by atoms with van der Waals surface area (Å²) in [7, 11) is 0. The van der Waals surface area contributed by atoms with Gasteiger partial charge in [0.25, 0.3) is 0 Å². The topological polar surface area (TPSA) is 0 Å². The molecule has 0 aliphatic rings. The van der Waals surface area contributed by atoms with Gasteiger partial charge in [-0.1, -0.05) is 92.8 Å². The summed E-state index contributed by atoms with van der Waals surface area (Å²) in [4.78, 5) is 0. The minimum absolute atomic E-state index is 0. The fraction of sp³-hybridized carbons (Fsp3) is 0.600.